The van der Waals surface area contributed by atoms with Gasteiger partial charge in [0.25, 0.3) is 5.91 Å². The van der Waals surface area contributed by atoms with Crippen LogP contribution in [0.1, 0.15) is 15.9 Å². The molecule has 0 aliphatic carbocycles. The summed E-state index contributed by atoms with van der Waals surface area (Å²) in [6.07, 6.45) is 3.44. The number of rotatable bonds is 4. The molecule has 2 aromatic rings. The van der Waals surface area contributed by atoms with Crippen LogP contribution >= 0.6 is 0 Å². The van der Waals surface area contributed by atoms with Gasteiger partial charge in [-0.05, 0) is 30.7 Å². The number of hydrogen-bond acceptors (Lipinski definition) is 3. The Morgan fingerprint density at radius 1 is 1.53 bits per heavy atom. The summed E-state index contributed by atoms with van der Waals surface area (Å²) in [7, 11) is 0. The number of anilines is 1. The number of halogens is 1. The van der Waals surface area contributed by atoms with Crippen LogP contribution in [-0.4, -0.2) is 22.2 Å². The predicted molar refractivity (Wildman–Crippen MR) is 70.1 cm³/mol. The number of nitrogens with zero attached hydrogens (tertiary/aromatic N) is 2. The number of nitrogens with two attached hydrogens (primary N) is 1. The number of aryl methyl sites for hydroxylation is 1. The molecule has 6 heteroatoms. The van der Waals surface area contributed by atoms with Crippen molar-refractivity contribution in [2.45, 2.75) is 13.5 Å². The summed E-state index contributed by atoms with van der Waals surface area (Å²) in [4.78, 5) is 11.9. The zero-order valence-corrected chi connectivity index (χ0v) is 10.6. The monoisotopic (exact) mass is 262 g/mol. The van der Waals surface area contributed by atoms with Gasteiger partial charge in [-0.15, -0.1) is 0 Å². The van der Waals surface area contributed by atoms with E-state index in [9.17, 15) is 9.18 Å². The fourth-order valence-electron chi connectivity index (χ4n) is 1.77. The van der Waals surface area contributed by atoms with E-state index < -0.39 is 11.7 Å². The lowest BCUT2D eigenvalue weighted by molar-refractivity contribution is 0.0948. The minimum Gasteiger partial charge on any atom is -0.399 e. The molecule has 0 unspecified atom stereocenters. The van der Waals surface area contributed by atoms with Crippen molar-refractivity contribution < 1.29 is 9.18 Å². The highest BCUT2D eigenvalue weighted by molar-refractivity contribution is 5.95. The maximum absolute atomic E-state index is 13.8. The van der Waals surface area contributed by atoms with Gasteiger partial charge in [-0.3, -0.25) is 9.48 Å². The average Bonchev–Trinajstić information content (AvgIpc) is 2.86. The van der Waals surface area contributed by atoms with Crippen molar-refractivity contribution >= 4 is 11.6 Å². The first-order valence-corrected chi connectivity index (χ1v) is 5.89. The van der Waals surface area contributed by atoms with Crippen molar-refractivity contribution in [1.29, 1.82) is 0 Å². The van der Waals surface area contributed by atoms with Gasteiger partial charge in [-0.2, -0.15) is 5.10 Å². The first-order chi connectivity index (χ1) is 9.08. The molecule has 0 aliphatic rings. The molecule has 0 fully saturated rings. The summed E-state index contributed by atoms with van der Waals surface area (Å²) >= 11 is 0. The van der Waals surface area contributed by atoms with E-state index in [1.165, 1.54) is 12.1 Å². The van der Waals surface area contributed by atoms with Crippen molar-refractivity contribution in [3.63, 3.8) is 0 Å². The van der Waals surface area contributed by atoms with Crippen molar-refractivity contribution in [3.8, 4) is 0 Å². The molecule has 0 saturated carbocycles. The Morgan fingerprint density at radius 3 is 3.00 bits per heavy atom. The standard InChI is InChI=1S/C13H15FN4O/c1-9-7-10(15)8-11(12(9)14)13(19)16-4-6-18-5-2-3-17-18/h2-3,5,7-8H,4,6,15H2,1H3,(H,16,19). The first-order valence-electron chi connectivity index (χ1n) is 5.89. The van der Waals surface area contributed by atoms with Crippen molar-refractivity contribution in [3.05, 3.63) is 47.5 Å². The van der Waals surface area contributed by atoms with E-state index in [1.54, 1.807) is 30.1 Å². The first kappa shape index (κ1) is 13.1. The second kappa shape index (κ2) is 5.51. The summed E-state index contributed by atoms with van der Waals surface area (Å²) in [6.45, 7) is 2.47. The Kier molecular flexibility index (Phi) is 3.79. The van der Waals surface area contributed by atoms with Crippen LogP contribution < -0.4 is 11.1 Å². The smallest absolute Gasteiger partial charge is 0.254 e. The van der Waals surface area contributed by atoms with Gasteiger partial charge in [0.15, 0.2) is 0 Å². The number of carbonyl (C=O) groups excluding carboxylic acids is 1. The molecule has 0 radical (unpaired) electrons. The molecule has 0 saturated heterocycles. The highest BCUT2D eigenvalue weighted by Gasteiger charge is 2.14. The molecule has 2 rings (SSSR count). The molecule has 0 atom stereocenters. The van der Waals surface area contributed by atoms with E-state index in [4.69, 9.17) is 5.73 Å². The number of nitrogens with one attached hydrogen (secondary N) is 1. The van der Waals surface area contributed by atoms with Gasteiger partial charge in [-0.25, -0.2) is 4.39 Å². The minimum atomic E-state index is -0.536. The number of carbonyl (C=O) groups is 1. The van der Waals surface area contributed by atoms with Crippen LogP contribution in [0.5, 0.6) is 0 Å². The van der Waals surface area contributed by atoms with E-state index in [-0.39, 0.29) is 5.56 Å². The summed E-state index contributed by atoms with van der Waals surface area (Å²) in [5.74, 6) is -1.01. The fraction of sp³-hybridized carbons (Fsp3) is 0.231. The number of benzene rings is 1. The predicted octanol–water partition coefficient (Wildman–Crippen LogP) is 1.34. The fourth-order valence-corrected chi connectivity index (χ4v) is 1.77. The van der Waals surface area contributed by atoms with Crippen molar-refractivity contribution in [2.75, 3.05) is 12.3 Å². The molecule has 5 nitrogen and oxygen atoms in total. The number of nitrogen functional groups attached to an aromatic ring is 1. The Morgan fingerprint density at radius 2 is 2.32 bits per heavy atom. The van der Waals surface area contributed by atoms with Gasteiger partial charge in [0.2, 0.25) is 0 Å². The molecule has 1 aromatic heterocycles. The Bertz CT molecular complexity index is 581. The highest BCUT2D eigenvalue weighted by atomic mass is 19.1. The van der Waals surface area contributed by atoms with E-state index in [2.05, 4.69) is 10.4 Å². The number of amides is 1. The molecule has 1 amide bonds. The molecule has 19 heavy (non-hydrogen) atoms. The van der Waals surface area contributed by atoms with Gasteiger partial charge in [0.05, 0.1) is 12.1 Å². The molecular weight excluding hydrogens is 247 g/mol. The lowest BCUT2D eigenvalue weighted by atomic mass is 10.1. The maximum Gasteiger partial charge on any atom is 0.254 e. The largest absolute Gasteiger partial charge is 0.399 e. The van der Waals surface area contributed by atoms with Crippen molar-refractivity contribution in [1.82, 2.24) is 15.1 Å². The van der Waals surface area contributed by atoms with Gasteiger partial charge in [0, 0.05) is 24.6 Å². The Labute approximate surface area is 110 Å². The second-order valence-corrected chi connectivity index (χ2v) is 4.22. The van der Waals surface area contributed by atoms with Gasteiger partial charge in [-0.1, -0.05) is 0 Å². The van der Waals surface area contributed by atoms with Crippen LogP contribution in [0, 0.1) is 12.7 Å². The third-order valence-electron chi connectivity index (χ3n) is 2.71. The van der Waals surface area contributed by atoms with Crippen LogP contribution in [0.15, 0.2) is 30.6 Å². The van der Waals surface area contributed by atoms with E-state index in [0.717, 1.165) is 0 Å². The van der Waals surface area contributed by atoms with Gasteiger partial charge in [0.1, 0.15) is 5.82 Å². The summed E-state index contributed by atoms with van der Waals surface area (Å²) in [6, 6.07) is 4.63. The Hall–Kier alpha value is -2.37. The van der Waals surface area contributed by atoms with Gasteiger partial charge < -0.3 is 11.1 Å². The molecule has 3 N–H and O–H groups in total. The van der Waals surface area contributed by atoms with Gasteiger partial charge >= 0.3 is 0 Å². The molecule has 1 aromatic carbocycles. The third kappa shape index (κ3) is 3.09. The zero-order chi connectivity index (χ0) is 13.8. The molecule has 0 spiro atoms. The quantitative estimate of drug-likeness (QED) is 0.817. The SMILES string of the molecule is Cc1cc(N)cc(C(=O)NCCn2cccn2)c1F. The molecule has 0 aliphatic heterocycles. The highest BCUT2D eigenvalue weighted by Crippen LogP contribution is 2.16. The number of hydrogen-bond donors (Lipinski definition) is 2. The molecule has 1 heterocycles. The van der Waals surface area contributed by atoms with E-state index in [0.29, 0.717) is 24.3 Å². The van der Waals surface area contributed by atoms with E-state index in [1.807, 2.05) is 0 Å². The van der Waals surface area contributed by atoms with Crippen LogP contribution in [-0.2, 0) is 6.54 Å². The lowest BCUT2D eigenvalue weighted by Crippen LogP contribution is -2.28. The van der Waals surface area contributed by atoms with E-state index >= 15 is 0 Å². The molecular formula is C13H15FN4O. The number of aromatic nitrogens is 2. The van der Waals surface area contributed by atoms with Crippen LogP contribution in [0.25, 0.3) is 0 Å². The second-order valence-electron chi connectivity index (χ2n) is 4.22. The van der Waals surface area contributed by atoms with Crippen LogP contribution in [0.4, 0.5) is 10.1 Å². The topological polar surface area (TPSA) is 72.9 Å². The average molecular weight is 262 g/mol. The maximum atomic E-state index is 13.8. The lowest BCUT2D eigenvalue weighted by Gasteiger charge is -2.08. The molecule has 100 valence electrons. The summed E-state index contributed by atoms with van der Waals surface area (Å²) in [5.41, 5.74) is 6.31. The minimum absolute atomic E-state index is 0.0297. The van der Waals surface area contributed by atoms with Crippen LogP contribution in [0.3, 0.4) is 0 Å². The summed E-state index contributed by atoms with van der Waals surface area (Å²) < 4.78 is 15.5. The van der Waals surface area contributed by atoms with Crippen molar-refractivity contribution in [2.24, 2.45) is 0 Å². The Balaban J connectivity index is 2.00. The normalized spacial score (nSPS) is 10.4. The third-order valence-corrected chi connectivity index (χ3v) is 2.71. The molecule has 0 bridgehead atoms. The van der Waals surface area contributed by atoms with Crippen LogP contribution in [0.2, 0.25) is 0 Å². The zero-order valence-electron chi connectivity index (χ0n) is 10.6. The summed E-state index contributed by atoms with van der Waals surface area (Å²) in [5, 5.41) is 6.64.